The van der Waals surface area contributed by atoms with Gasteiger partial charge in [-0.15, -0.1) is 11.3 Å². The highest BCUT2D eigenvalue weighted by Crippen LogP contribution is 2.35. The van der Waals surface area contributed by atoms with Gasteiger partial charge in [-0.05, 0) is 51.7 Å². The fourth-order valence-electron chi connectivity index (χ4n) is 5.18. The number of carbonyl (C=O) groups excluding carboxylic acids is 1. The third-order valence-electron chi connectivity index (χ3n) is 7.13. The van der Waals surface area contributed by atoms with Crippen molar-refractivity contribution in [1.82, 2.24) is 24.9 Å². The summed E-state index contributed by atoms with van der Waals surface area (Å²) in [6.07, 6.45) is 8.34. The summed E-state index contributed by atoms with van der Waals surface area (Å²) in [6.45, 7) is 6.95. The molecule has 3 aromatic heterocycles. The van der Waals surface area contributed by atoms with Crippen LogP contribution in [0, 0.1) is 0 Å². The molecule has 2 fully saturated rings. The summed E-state index contributed by atoms with van der Waals surface area (Å²) in [7, 11) is 0. The minimum absolute atomic E-state index is 0.0477. The Labute approximate surface area is 209 Å². The Morgan fingerprint density at radius 2 is 2.00 bits per heavy atom. The molecule has 1 aliphatic heterocycles. The maximum Gasteiger partial charge on any atom is 0.269 e. The molecule has 7 nitrogen and oxygen atoms in total. The van der Waals surface area contributed by atoms with E-state index in [2.05, 4.69) is 33.8 Å². The van der Waals surface area contributed by atoms with E-state index in [0.717, 1.165) is 55.2 Å². The van der Waals surface area contributed by atoms with Gasteiger partial charge in [-0.2, -0.15) is 0 Å². The number of likely N-dealkylation sites (tertiary alicyclic amines) is 1. The molecule has 1 aliphatic carbocycles. The van der Waals surface area contributed by atoms with Gasteiger partial charge in [0.15, 0.2) is 5.76 Å². The quantitative estimate of drug-likeness (QED) is 0.458. The Kier molecular flexibility index (Phi) is 7.09. The van der Waals surface area contributed by atoms with E-state index in [1.54, 1.807) is 6.20 Å². The standard InChI is InChI=1S/C25H32ClN5O2S/c1-16(2)30-11-9-18(10-12-30)28-25(32)20-14-27-24(17-5-3-4-6-17)31(20)15-19-13-21(33-29-19)22-7-8-23(26)34-22/h7-8,13-14,16-18H,3-6,9-12,15H2,1-2H3,(H,28,32). The molecule has 1 N–H and O–H groups in total. The van der Waals surface area contributed by atoms with Crippen molar-refractivity contribution in [2.45, 2.75) is 76.9 Å². The van der Waals surface area contributed by atoms with Crippen LogP contribution in [-0.4, -0.2) is 50.7 Å². The van der Waals surface area contributed by atoms with Crippen LogP contribution in [0.2, 0.25) is 4.34 Å². The van der Waals surface area contributed by atoms with Crippen LogP contribution in [0.3, 0.4) is 0 Å². The molecule has 34 heavy (non-hydrogen) atoms. The predicted molar refractivity (Wildman–Crippen MR) is 135 cm³/mol. The van der Waals surface area contributed by atoms with Gasteiger partial charge in [-0.25, -0.2) is 4.98 Å². The molecule has 1 saturated carbocycles. The summed E-state index contributed by atoms with van der Waals surface area (Å²) in [5.74, 6) is 2.02. The first-order valence-electron chi connectivity index (χ1n) is 12.3. The molecule has 3 aromatic rings. The zero-order valence-corrected chi connectivity index (χ0v) is 21.4. The van der Waals surface area contributed by atoms with E-state index in [1.807, 2.05) is 18.2 Å². The number of hydrogen-bond acceptors (Lipinski definition) is 6. The lowest BCUT2D eigenvalue weighted by Gasteiger charge is -2.34. The van der Waals surface area contributed by atoms with Crippen LogP contribution in [-0.2, 0) is 6.54 Å². The molecule has 0 aromatic carbocycles. The average molecular weight is 502 g/mol. The van der Waals surface area contributed by atoms with E-state index in [1.165, 1.54) is 24.2 Å². The van der Waals surface area contributed by atoms with Gasteiger partial charge in [-0.1, -0.05) is 29.6 Å². The molecule has 0 unspecified atom stereocenters. The maximum absolute atomic E-state index is 13.4. The number of nitrogens with one attached hydrogen (secondary N) is 1. The van der Waals surface area contributed by atoms with Crippen molar-refractivity contribution < 1.29 is 9.32 Å². The largest absolute Gasteiger partial charge is 0.355 e. The number of imidazole rings is 1. The zero-order valence-electron chi connectivity index (χ0n) is 19.8. The van der Waals surface area contributed by atoms with Gasteiger partial charge in [0.25, 0.3) is 5.91 Å². The lowest BCUT2D eigenvalue weighted by Crippen LogP contribution is -2.47. The summed E-state index contributed by atoms with van der Waals surface area (Å²) in [5.41, 5.74) is 1.38. The monoisotopic (exact) mass is 501 g/mol. The zero-order chi connectivity index (χ0) is 23.7. The molecule has 0 bridgehead atoms. The van der Waals surface area contributed by atoms with Crippen molar-refractivity contribution in [2.75, 3.05) is 13.1 Å². The van der Waals surface area contributed by atoms with E-state index in [-0.39, 0.29) is 11.9 Å². The number of thiophene rings is 1. The van der Waals surface area contributed by atoms with Crippen molar-refractivity contribution in [2.24, 2.45) is 0 Å². The molecule has 2 aliphatic rings. The van der Waals surface area contributed by atoms with Crippen molar-refractivity contribution in [3.05, 3.63) is 45.9 Å². The highest BCUT2D eigenvalue weighted by atomic mass is 35.5. The minimum Gasteiger partial charge on any atom is -0.355 e. The summed E-state index contributed by atoms with van der Waals surface area (Å²) in [6, 6.07) is 6.46. The Morgan fingerprint density at radius 3 is 2.68 bits per heavy atom. The van der Waals surface area contributed by atoms with Gasteiger partial charge in [0.2, 0.25) is 0 Å². The number of halogens is 1. The third kappa shape index (κ3) is 5.09. The lowest BCUT2D eigenvalue weighted by molar-refractivity contribution is 0.0891. The minimum atomic E-state index is -0.0477. The van der Waals surface area contributed by atoms with Crippen molar-refractivity contribution >= 4 is 28.8 Å². The highest BCUT2D eigenvalue weighted by Gasteiger charge is 2.28. The first kappa shape index (κ1) is 23.6. The van der Waals surface area contributed by atoms with Crippen LogP contribution in [0.25, 0.3) is 10.6 Å². The van der Waals surface area contributed by atoms with Crippen molar-refractivity contribution in [1.29, 1.82) is 0 Å². The van der Waals surface area contributed by atoms with Crippen LogP contribution in [0.1, 0.15) is 80.3 Å². The molecule has 5 rings (SSSR count). The normalized spacial score (nSPS) is 18.2. The number of amides is 1. The van der Waals surface area contributed by atoms with Gasteiger partial charge in [0.05, 0.1) is 22.0 Å². The van der Waals surface area contributed by atoms with E-state index in [4.69, 9.17) is 21.1 Å². The molecule has 9 heteroatoms. The van der Waals surface area contributed by atoms with Crippen LogP contribution in [0.15, 0.2) is 28.9 Å². The second kappa shape index (κ2) is 10.2. The predicted octanol–water partition coefficient (Wildman–Crippen LogP) is 5.56. The van der Waals surface area contributed by atoms with Crippen molar-refractivity contribution in [3.8, 4) is 10.6 Å². The molecular formula is C25H32ClN5O2S. The fourth-order valence-corrected chi connectivity index (χ4v) is 6.17. The molecule has 1 amide bonds. The molecular weight excluding hydrogens is 470 g/mol. The molecule has 0 atom stereocenters. The molecule has 4 heterocycles. The van der Waals surface area contributed by atoms with E-state index in [9.17, 15) is 4.79 Å². The number of aromatic nitrogens is 3. The second-order valence-electron chi connectivity index (χ2n) is 9.73. The van der Waals surface area contributed by atoms with Gasteiger partial charge in [0, 0.05) is 37.2 Å². The third-order valence-corrected chi connectivity index (χ3v) is 8.38. The summed E-state index contributed by atoms with van der Waals surface area (Å²) in [4.78, 5) is 21.5. The Hall–Kier alpha value is -2.16. The smallest absolute Gasteiger partial charge is 0.269 e. The number of hydrogen-bond donors (Lipinski definition) is 1. The summed E-state index contributed by atoms with van der Waals surface area (Å²) < 4.78 is 8.36. The summed E-state index contributed by atoms with van der Waals surface area (Å²) >= 11 is 7.54. The first-order valence-corrected chi connectivity index (χ1v) is 13.5. The second-order valence-corrected chi connectivity index (χ2v) is 11.4. The molecule has 0 radical (unpaired) electrons. The Bertz CT molecular complexity index is 1120. The van der Waals surface area contributed by atoms with E-state index < -0.39 is 0 Å². The number of rotatable bonds is 7. The van der Waals surface area contributed by atoms with Crippen LogP contribution in [0.5, 0.6) is 0 Å². The Morgan fingerprint density at radius 1 is 1.24 bits per heavy atom. The molecule has 182 valence electrons. The topological polar surface area (TPSA) is 76.2 Å². The average Bonchev–Trinajstić information content (AvgIpc) is 3.61. The fraction of sp³-hybridized carbons (Fsp3) is 0.560. The van der Waals surface area contributed by atoms with Gasteiger partial charge >= 0.3 is 0 Å². The Balaban J connectivity index is 1.35. The van der Waals surface area contributed by atoms with E-state index in [0.29, 0.717) is 34.3 Å². The first-order chi connectivity index (χ1) is 16.5. The van der Waals surface area contributed by atoms with Gasteiger partial charge in [0.1, 0.15) is 17.2 Å². The molecule has 1 saturated heterocycles. The summed E-state index contributed by atoms with van der Waals surface area (Å²) in [5, 5.41) is 7.56. The van der Waals surface area contributed by atoms with Gasteiger partial charge in [-0.3, -0.25) is 4.79 Å². The number of carbonyl (C=O) groups is 1. The molecule has 0 spiro atoms. The SMILES string of the molecule is CC(C)N1CCC(NC(=O)c2cnc(C3CCCC3)n2Cc2cc(-c3ccc(Cl)s3)on2)CC1. The van der Waals surface area contributed by atoms with Crippen molar-refractivity contribution in [3.63, 3.8) is 0 Å². The van der Waals surface area contributed by atoms with Crippen LogP contribution in [0.4, 0.5) is 0 Å². The highest BCUT2D eigenvalue weighted by molar-refractivity contribution is 7.19. The number of nitrogens with zero attached hydrogens (tertiary/aromatic N) is 4. The van der Waals surface area contributed by atoms with Gasteiger partial charge < -0.3 is 19.3 Å². The van der Waals surface area contributed by atoms with Crippen LogP contribution >= 0.6 is 22.9 Å². The lowest BCUT2D eigenvalue weighted by atomic mass is 10.0. The number of piperidine rings is 1. The maximum atomic E-state index is 13.4. The van der Waals surface area contributed by atoms with E-state index >= 15 is 0 Å². The van der Waals surface area contributed by atoms with Crippen LogP contribution < -0.4 is 5.32 Å².